The van der Waals surface area contributed by atoms with Crippen molar-refractivity contribution >= 4 is 60.2 Å². The van der Waals surface area contributed by atoms with Gasteiger partial charge in [-0.25, -0.2) is 15.0 Å². The van der Waals surface area contributed by atoms with Gasteiger partial charge in [0.05, 0.1) is 33.3 Å². The molecule has 0 fully saturated rings. The molecule has 0 aliphatic heterocycles. The lowest BCUT2D eigenvalue weighted by molar-refractivity contribution is 0.991. The molecule has 0 spiro atoms. The Hall–Kier alpha value is -6.33. The number of fused-ring (bicyclic) bond motifs is 6. The highest BCUT2D eigenvalue weighted by molar-refractivity contribution is 6.23. The molecule has 0 atom stereocenters. The van der Waals surface area contributed by atoms with E-state index in [1.165, 1.54) is 21.9 Å². The van der Waals surface area contributed by atoms with Gasteiger partial charge in [0, 0.05) is 33.3 Å². The lowest BCUT2D eigenvalue weighted by atomic mass is 10.00. The number of para-hydroxylation sites is 2. The van der Waals surface area contributed by atoms with Crippen molar-refractivity contribution < 1.29 is 0 Å². The van der Waals surface area contributed by atoms with Crippen molar-refractivity contribution in [3.63, 3.8) is 0 Å². The highest BCUT2D eigenvalue weighted by Crippen LogP contribution is 2.39. The van der Waals surface area contributed by atoms with Gasteiger partial charge in [-0.2, -0.15) is 0 Å². The molecule has 0 radical (unpaired) electrons. The third-order valence-corrected chi connectivity index (χ3v) is 9.15. The van der Waals surface area contributed by atoms with E-state index < -0.39 is 0 Å². The minimum atomic E-state index is 0.582. The molecule has 6 aromatic carbocycles. The zero-order valence-corrected chi connectivity index (χ0v) is 24.7. The fraction of sp³-hybridized carbons (Fsp3) is 0. The van der Waals surface area contributed by atoms with Crippen molar-refractivity contribution in [3.05, 3.63) is 152 Å². The van der Waals surface area contributed by atoms with Crippen LogP contribution in [0.25, 0.3) is 88.5 Å². The highest BCUT2D eigenvalue weighted by atomic mass is 15.2. The van der Waals surface area contributed by atoms with Gasteiger partial charge >= 0.3 is 0 Å². The van der Waals surface area contributed by atoms with Crippen LogP contribution in [0, 0.1) is 0 Å². The summed E-state index contributed by atoms with van der Waals surface area (Å²) in [6, 6.07) is 51.1. The number of pyridine rings is 1. The van der Waals surface area contributed by atoms with Crippen LogP contribution in [0.15, 0.2) is 152 Å². The lowest BCUT2D eigenvalue weighted by Gasteiger charge is -2.14. The molecule has 46 heavy (non-hydrogen) atoms. The van der Waals surface area contributed by atoms with Crippen LogP contribution >= 0.6 is 0 Å². The number of rotatable bonds is 3. The van der Waals surface area contributed by atoms with Crippen molar-refractivity contribution in [1.82, 2.24) is 23.9 Å². The molecule has 5 nitrogen and oxygen atoms in total. The summed E-state index contributed by atoms with van der Waals surface area (Å²) < 4.78 is 4.51. The van der Waals surface area contributed by atoms with Gasteiger partial charge in [0.15, 0.2) is 5.65 Å². The second-order valence-corrected chi connectivity index (χ2v) is 11.7. The zero-order valence-electron chi connectivity index (χ0n) is 24.7. The van der Waals surface area contributed by atoms with E-state index in [4.69, 9.17) is 15.0 Å². The van der Waals surface area contributed by atoms with E-state index in [-0.39, 0.29) is 0 Å². The van der Waals surface area contributed by atoms with Crippen molar-refractivity contribution in [2.75, 3.05) is 0 Å². The van der Waals surface area contributed by atoms with Gasteiger partial charge in [-0.05, 0) is 52.9 Å². The number of benzene rings is 6. The quantitative estimate of drug-likeness (QED) is 0.207. The van der Waals surface area contributed by atoms with Crippen LogP contribution in [0.2, 0.25) is 0 Å². The Morgan fingerprint density at radius 3 is 2.15 bits per heavy atom. The molecule has 0 aliphatic carbocycles. The van der Waals surface area contributed by atoms with E-state index in [0.29, 0.717) is 5.95 Å². The molecule has 10 rings (SSSR count). The molecule has 0 bridgehead atoms. The molecule has 0 N–H and O–H groups in total. The summed E-state index contributed by atoms with van der Waals surface area (Å²) in [5.74, 6) is 0.582. The van der Waals surface area contributed by atoms with E-state index in [2.05, 4.69) is 136 Å². The second kappa shape index (κ2) is 9.58. The number of hydrogen-bond donors (Lipinski definition) is 0. The van der Waals surface area contributed by atoms with Crippen molar-refractivity contribution in [3.8, 4) is 28.3 Å². The van der Waals surface area contributed by atoms with Crippen LogP contribution < -0.4 is 0 Å². The lowest BCUT2D eigenvalue weighted by Crippen LogP contribution is -2.06. The topological polar surface area (TPSA) is 48.0 Å². The Morgan fingerprint density at radius 1 is 0.478 bits per heavy atom. The molecule has 0 saturated carbocycles. The Labute approximate surface area is 263 Å². The molecule has 0 saturated heterocycles. The minimum absolute atomic E-state index is 0.582. The zero-order chi connectivity index (χ0) is 30.2. The molecular weight excluding hydrogens is 562 g/mol. The maximum atomic E-state index is 5.40. The maximum absolute atomic E-state index is 5.40. The minimum Gasteiger partial charge on any atom is -0.305 e. The third-order valence-electron chi connectivity index (χ3n) is 9.15. The van der Waals surface area contributed by atoms with Gasteiger partial charge in [0.1, 0.15) is 0 Å². The SMILES string of the molecule is c1ccc(-c2cccc(-c3nc(-n4c5cccc6ccc7c8ccccc8n(c8cccnc84)c7c65)nc4ccccc34)c2)cc1. The van der Waals surface area contributed by atoms with E-state index in [9.17, 15) is 0 Å². The summed E-state index contributed by atoms with van der Waals surface area (Å²) in [6.45, 7) is 0. The van der Waals surface area contributed by atoms with Crippen LogP contribution in [0.3, 0.4) is 0 Å². The molecule has 4 heterocycles. The third kappa shape index (κ3) is 3.54. The summed E-state index contributed by atoms with van der Waals surface area (Å²) in [4.78, 5) is 15.7. The first-order valence-electron chi connectivity index (χ1n) is 15.5. The van der Waals surface area contributed by atoms with Crippen molar-refractivity contribution in [2.24, 2.45) is 0 Å². The predicted molar refractivity (Wildman–Crippen MR) is 189 cm³/mol. The normalized spacial score (nSPS) is 11.9. The van der Waals surface area contributed by atoms with E-state index in [0.717, 1.165) is 60.7 Å². The first-order valence-corrected chi connectivity index (χ1v) is 15.5. The highest BCUT2D eigenvalue weighted by Gasteiger charge is 2.21. The number of hydrogen-bond acceptors (Lipinski definition) is 3. The average Bonchev–Trinajstić information content (AvgIpc) is 3.40. The fourth-order valence-corrected chi connectivity index (χ4v) is 7.16. The van der Waals surface area contributed by atoms with E-state index in [1.807, 2.05) is 24.4 Å². The molecule has 0 unspecified atom stereocenters. The van der Waals surface area contributed by atoms with Crippen LogP contribution in [-0.2, 0) is 0 Å². The maximum Gasteiger partial charge on any atom is 0.237 e. The van der Waals surface area contributed by atoms with Crippen molar-refractivity contribution in [1.29, 1.82) is 0 Å². The van der Waals surface area contributed by atoms with Gasteiger partial charge in [0.2, 0.25) is 5.95 Å². The smallest absolute Gasteiger partial charge is 0.237 e. The number of nitrogens with zero attached hydrogens (tertiary/aromatic N) is 5. The monoisotopic (exact) mass is 587 g/mol. The van der Waals surface area contributed by atoms with Crippen LogP contribution in [0.1, 0.15) is 0 Å². The Morgan fingerprint density at radius 2 is 1.22 bits per heavy atom. The molecule has 5 heteroatoms. The largest absolute Gasteiger partial charge is 0.305 e. The Balaban J connectivity index is 1.37. The first-order chi connectivity index (χ1) is 22.8. The van der Waals surface area contributed by atoms with Gasteiger partial charge < -0.3 is 4.40 Å². The standard InChI is InChI=1S/C41H25N5/c1-2-11-26(12-3-1)28-14-8-15-29(25-28)38-32-17-4-6-18-33(32)43-41(44-38)46-35-20-9-13-27-22-23-31-30-16-5-7-19-34(30)45(39(31)37(27)35)36-21-10-24-42-40(36)46/h1-25H. The first kappa shape index (κ1) is 25.0. The van der Waals surface area contributed by atoms with Gasteiger partial charge in [-0.1, -0.05) is 109 Å². The van der Waals surface area contributed by atoms with Crippen LogP contribution in [-0.4, -0.2) is 23.9 Å². The van der Waals surface area contributed by atoms with Gasteiger partial charge in [-0.3, -0.25) is 4.57 Å². The van der Waals surface area contributed by atoms with E-state index in [1.54, 1.807) is 0 Å². The summed E-state index contributed by atoms with van der Waals surface area (Å²) in [6.07, 6.45) is 1.86. The van der Waals surface area contributed by atoms with Crippen molar-refractivity contribution in [2.45, 2.75) is 0 Å². The number of aromatic nitrogens is 5. The van der Waals surface area contributed by atoms with Gasteiger partial charge in [0.25, 0.3) is 0 Å². The molecule has 0 amide bonds. The molecular formula is C41H25N5. The molecule has 214 valence electrons. The summed E-state index contributed by atoms with van der Waals surface area (Å²) in [7, 11) is 0. The summed E-state index contributed by atoms with van der Waals surface area (Å²) in [5.41, 5.74) is 10.2. The Kier molecular flexibility index (Phi) is 5.22. The summed E-state index contributed by atoms with van der Waals surface area (Å²) >= 11 is 0. The van der Waals surface area contributed by atoms with Crippen LogP contribution in [0.5, 0.6) is 0 Å². The average molecular weight is 588 g/mol. The predicted octanol–water partition coefficient (Wildman–Crippen LogP) is 10.0. The summed E-state index contributed by atoms with van der Waals surface area (Å²) in [5, 5.41) is 5.75. The van der Waals surface area contributed by atoms with E-state index >= 15 is 0 Å². The second-order valence-electron chi connectivity index (χ2n) is 11.7. The van der Waals surface area contributed by atoms with Gasteiger partial charge in [-0.15, -0.1) is 0 Å². The fourth-order valence-electron chi connectivity index (χ4n) is 7.16. The van der Waals surface area contributed by atoms with Crippen LogP contribution in [0.4, 0.5) is 0 Å². The molecule has 0 aliphatic rings. The molecule has 4 aromatic heterocycles. The Bertz CT molecular complexity index is 2790. The molecule has 10 aromatic rings.